The fourth-order valence-electron chi connectivity index (χ4n) is 4.25. The zero-order valence-electron chi connectivity index (χ0n) is 16.5. The Morgan fingerprint density at radius 2 is 1.86 bits per heavy atom. The molecule has 0 spiro atoms. The van der Waals surface area contributed by atoms with Crippen LogP contribution in [0, 0.1) is 12.8 Å². The number of hydrogen-bond donors (Lipinski definition) is 2. The van der Waals surface area contributed by atoms with Crippen LogP contribution in [0.1, 0.15) is 63.9 Å². The number of rotatable bonds is 6. The molecule has 0 bridgehead atoms. The summed E-state index contributed by atoms with van der Waals surface area (Å²) < 4.78 is 0. The predicted molar refractivity (Wildman–Crippen MR) is 106 cm³/mol. The maximum absolute atomic E-state index is 13.3. The molecule has 1 fully saturated rings. The normalized spacial score (nSPS) is 19.0. The number of aryl methyl sites for hydroxylation is 1. The maximum Gasteiger partial charge on any atom is 0.308 e. The molecule has 2 N–H and O–H groups in total. The van der Waals surface area contributed by atoms with E-state index in [2.05, 4.69) is 4.98 Å². The molecular weight excluding hydrogens is 356 g/mol. The number of Topliss-reactive ketones (excluding diaryl/α,β-unsaturated/α-hetero) is 1. The van der Waals surface area contributed by atoms with Crippen molar-refractivity contribution in [1.82, 2.24) is 9.88 Å². The summed E-state index contributed by atoms with van der Waals surface area (Å²) in [4.78, 5) is 41.9. The van der Waals surface area contributed by atoms with E-state index in [1.807, 2.05) is 37.3 Å². The highest BCUT2D eigenvalue weighted by molar-refractivity contribution is 6.03. The molecule has 1 aromatic carbocycles. The zero-order valence-corrected chi connectivity index (χ0v) is 16.5. The SMILES string of the molecule is CCCc1c(C(=O)N2C[C@H](C(=O)O)[C@H](c3ccccc3)C2)[nH]c(C)c1C(C)=O. The number of H-pyrrole nitrogens is 1. The molecule has 0 unspecified atom stereocenters. The van der Waals surface area contributed by atoms with Gasteiger partial charge in [-0.25, -0.2) is 0 Å². The minimum atomic E-state index is -0.898. The monoisotopic (exact) mass is 382 g/mol. The van der Waals surface area contributed by atoms with Crippen LogP contribution in [-0.4, -0.2) is 45.7 Å². The van der Waals surface area contributed by atoms with Crippen LogP contribution in [0.25, 0.3) is 0 Å². The van der Waals surface area contributed by atoms with Crippen molar-refractivity contribution < 1.29 is 19.5 Å². The van der Waals surface area contributed by atoms with Gasteiger partial charge in [0.05, 0.1) is 5.92 Å². The van der Waals surface area contributed by atoms with E-state index in [-0.39, 0.29) is 24.2 Å². The van der Waals surface area contributed by atoms with E-state index >= 15 is 0 Å². The Balaban J connectivity index is 1.94. The Morgan fingerprint density at radius 1 is 1.18 bits per heavy atom. The first-order chi connectivity index (χ1) is 13.3. The van der Waals surface area contributed by atoms with Crippen molar-refractivity contribution in [2.75, 3.05) is 13.1 Å². The van der Waals surface area contributed by atoms with Crippen LogP contribution in [-0.2, 0) is 11.2 Å². The van der Waals surface area contributed by atoms with Crippen LogP contribution < -0.4 is 0 Å². The van der Waals surface area contributed by atoms with Crippen molar-refractivity contribution >= 4 is 17.7 Å². The molecule has 1 aliphatic rings. The van der Waals surface area contributed by atoms with E-state index < -0.39 is 11.9 Å². The maximum atomic E-state index is 13.3. The van der Waals surface area contributed by atoms with E-state index in [1.165, 1.54) is 6.92 Å². The number of nitrogens with one attached hydrogen (secondary N) is 1. The van der Waals surface area contributed by atoms with Crippen molar-refractivity contribution in [2.45, 2.75) is 39.5 Å². The van der Waals surface area contributed by atoms with Crippen molar-refractivity contribution in [3.05, 3.63) is 58.4 Å². The molecule has 1 amide bonds. The molecule has 2 heterocycles. The average Bonchev–Trinajstić information content (AvgIpc) is 3.24. The van der Waals surface area contributed by atoms with Gasteiger partial charge in [-0.3, -0.25) is 14.4 Å². The van der Waals surface area contributed by atoms with Crippen LogP contribution in [0.4, 0.5) is 0 Å². The number of aromatic amines is 1. The molecule has 6 nitrogen and oxygen atoms in total. The van der Waals surface area contributed by atoms with Gasteiger partial charge in [-0.15, -0.1) is 0 Å². The molecule has 1 aliphatic heterocycles. The number of carboxylic acid groups (broad SMARTS) is 1. The standard InChI is InChI=1S/C22H26N2O4/c1-4-8-16-19(14(3)25)13(2)23-20(16)21(26)24-11-17(18(12-24)22(27)28)15-9-6-5-7-10-15/h5-7,9-10,17-18,23H,4,8,11-12H2,1-3H3,(H,27,28)/t17-,18-/m0/s1. The summed E-state index contributed by atoms with van der Waals surface area (Å²) in [5.41, 5.74) is 3.35. The predicted octanol–water partition coefficient (Wildman–Crippen LogP) is 3.42. The molecule has 0 radical (unpaired) electrons. The van der Waals surface area contributed by atoms with Crippen molar-refractivity contribution in [3.63, 3.8) is 0 Å². The lowest BCUT2D eigenvalue weighted by molar-refractivity contribution is -0.141. The summed E-state index contributed by atoms with van der Waals surface area (Å²) in [6, 6.07) is 9.46. The van der Waals surface area contributed by atoms with Crippen molar-refractivity contribution in [1.29, 1.82) is 0 Å². The third kappa shape index (κ3) is 3.59. The van der Waals surface area contributed by atoms with Gasteiger partial charge in [0.2, 0.25) is 0 Å². The quantitative estimate of drug-likeness (QED) is 0.749. The summed E-state index contributed by atoms with van der Waals surface area (Å²) in [6.45, 7) is 5.81. The average molecular weight is 382 g/mol. The number of amides is 1. The number of hydrogen-bond acceptors (Lipinski definition) is 3. The van der Waals surface area contributed by atoms with Crippen LogP contribution in [0.15, 0.2) is 30.3 Å². The molecule has 0 aliphatic carbocycles. The van der Waals surface area contributed by atoms with Crippen LogP contribution in [0.2, 0.25) is 0 Å². The van der Waals surface area contributed by atoms with E-state index in [0.717, 1.165) is 17.5 Å². The smallest absolute Gasteiger partial charge is 0.308 e. The number of likely N-dealkylation sites (tertiary alicyclic amines) is 1. The first-order valence-corrected chi connectivity index (χ1v) is 9.64. The van der Waals surface area contributed by atoms with Gasteiger partial charge in [-0.2, -0.15) is 0 Å². The van der Waals surface area contributed by atoms with Crippen LogP contribution in [0.3, 0.4) is 0 Å². The lowest BCUT2D eigenvalue weighted by Crippen LogP contribution is -2.31. The van der Waals surface area contributed by atoms with E-state index in [9.17, 15) is 19.5 Å². The first-order valence-electron chi connectivity index (χ1n) is 9.64. The lowest BCUT2D eigenvalue weighted by Gasteiger charge is -2.17. The van der Waals surface area contributed by atoms with Gasteiger partial charge < -0.3 is 15.0 Å². The summed E-state index contributed by atoms with van der Waals surface area (Å²) in [5.74, 6) is -2.10. The molecule has 28 heavy (non-hydrogen) atoms. The molecular formula is C22H26N2O4. The Labute approximate surface area is 164 Å². The minimum Gasteiger partial charge on any atom is -0.481 e. The number of carbonyl (C=O) groups is 3. The van der Waals surface area contributed by atoms with Crippen molar-refractivity contribution in [3.8, 4) is 0 Å². The first kappa shape index (κ1) is 19.9. The van der Waals surface area contributed by atoms with Crippen LogP contribution in [0.5, 0.6) is 0 Å². The largest absolute Gasteiger partial charge is 0.481 e. The Bertz CT molecular complexity index is 901. The van der Waals surface area contributed by atoms with Gasteiger partial charge in [-0.1, -0.05) is 43.7 Å². The molecule has 1 saturated heterocycles. The second-order valence-electron chi connectivity index (χ2n) is 7.46. The van der Waals surface area contributed by atoms with E-state index in [1.54, 1.807) is 11.8 Å². The van der Waals surface area contributed by atoms with Crippen LogP contribution >= 0.6 is 0 Å². The highest BCUT2D eigenvalue weighted by atomic mass is 16.4. The number of benzene rings is 1. The fourth-order valence-corrected chi connectivity index (χ4v) is 4.25. The van der Waals surface area contributed by atoms with Gasteiger partial charge >= 0.3 is 5.97 Å². The number of aromatic nitrogens is 1. The Morgan fingerprint density at radius 3 is 2.43 bits per heavy atom. The number of carboxylic acids is 1. The van der Waals surface area contributed by atoms with Gasteiger partial charge in [0, 0.05) is 30.3 Å². The lowest BCUT2D eigenvalue weighted by atomic mass is 9.89. The molecule has 2 aromatic rings. The topological polar surface area (TPSA) is 90.5 Å². The number of aliphatic carboxylic acids is 1. The second kappa shape index (κ2) is 8.00. The van der Waals surface area contributed by atoms with Gasteiger partial charge in [0.15, 0.2) is 5.78 Å². The van der Waals surface area contributed by atoms with E-state index in [4.69, 9.17) is 0 Å². The summed E-state index contributed by atoms with van der Waals surface area (Å²) >= 11 is 0. The summed E-state index contributed by atoms with van der Waals surface area (Å²) in [7, 11) is 0. The van der Waals surface area contributed by atoms with Gasteiger partial charge in [0.25, 0.3) is 5.91 Å². The summed E-state index contributed by atoms with van der Waals surface area (Å²) in [5, 5.41) is 9.68. The fraction of sp³-hybridized carbons (Fsp3) is 0.409. The molecule has 2 atom stereocenters. The number of ketones is 1. The third-order valence-corrected chi connectivity index (χ3v) is 5.51. The third-order valence-electron chi connectivity index (χ3n) is 5.51. The zero-order chi connectivity index (χ0) is 20.4. The van der Waals surface area contributed by atoms with Gasteiger partial charge in [-0.05, 0) is 31.4 Å². The molecule has 148 valence electrons. The molecule has 1 aromatic heterocycles. The summed E-state index contributed by atoms with van der Waals surface area (Å²) in [6.07, 6.45) is 1.43. The Kier molecular flexibility index (Phi) is 5.68. The molecule has 0 saturated carbocycles. The highest BCUT2D eigenvalue weighted by Crippen LogP contribution is 2.34. The minimum absolute atomic E-state index is 0.0664. The molecule has 3 rings (SSSR count). The molecule has 6 heteroatoms. The van der Waals surface area contributed by atoms with Crippen molar-refractivity contribution in [2.24, 2.45) is 5.92 Å². The Hall–Kier alpha value is -2.89. The van der Waals surface area contributed by atoms with E-state index in [0.29, 0.717) is 29.9 Å². The second-order valence-corrected chi connectivity index (χ2v) is 7.46. The number of carbonyl (C=O) groups excluding carboxylic acids is 2. The highest BCUT2D eigenvalue weighted by Gasteiger charge is 2.41. The van der Waals surface area contributed by atoms with Gasteiger partial charge in [0.1, 0.15) is 5.69 Å². The number of nitrogens with zero attached hydrogens (tertiary/aromatic N) is 1.